The van der Waals surface area contributed by atoms with Gasteiger partial charge in [0.15, 0.2) is 5.76 Å². The van der Waals surface area contributed by atoms with Crippen molar-refractivity contribution in [3.05, 3.63) is 35.9 Å². The Hall–Kier alpha value is -2.15. The van der Waals surface area contributed by atoms with Gasteiger partial charge in [-0.05, 0) is 30.9 Å². The highest BCUT2D eigenvalue weighted by Gasteiger charge is 2.42. The second kappa shape index (κ2) is 5.24. The van der Waals surface area contributed by atoms with Crippen LogP contribution >= 0.6 is 0 Å². The molecule has 2 fully saturated rings. The van der Waals surface area contributed by atoms with Gasteiger partial charge in [-0.1, -0.05) is 5.16 Å². The van der Waals surface area contributed by atoms with Crippen LogP contribution in [0.25, 0.3) is 0 Å². The summed E-state index contributed by atoms with van der Waals surface area (Å²) in [5, 5.41) is 3.94. The molecule has 2 aliphatic heterocycles. The van der Waals surface area contributed by atoms with E-state index in [1.807, 2.05) is 0 Å². The van der Waals surface area contributed by atoms with Gasteiger partial charge in [0.05, 0.1) is 12.4 Å². The third kappa shape index (κ3) is 2.31. The molecule has 0 aromatic carbocycles. The Morgan fingerprint density at radius 3 is 3.09 bits per heavy atom. The second-order valence-electron chi connectivity index (χ2n) is 5.85. The summed E-state index contributed by atoms with van der Waals surface area (Å²) in [4.78, 5) is 18.4. The van der Waals surface area contributed by atoms with Crippen LogP contribution in [0.3, 0.4) is 0 Å². The quantitative estimate of drug-likeness (QED) is 0.843. The van der Waals surface area contributed by atoms with Crippen molar-refractivity contribution in [3.63, 3.8) is 0 Å². The molecule has 22 heavy (non-hydrogen) atoms. The Bertz CT molecular complexity index is 666. The normalized spacial score (nSPS) is 27.9. The van der Waals surface area contributed by atoms with Gasteiger partial charge in [0.25, 0.3) is 5.91 Å². The number of nitrogens with zero attached hydrogens (tertiary/aromatic N) is 3. The van der Waals surface area contributed by atoms with Crippen LogP contribution in [0.5, 0.6) is 0 Å². The number of amides is 1. The van der Waals surface area contributed by atoms with Gasteiger partial charge < -0.3 is 18.6 Å². The van der Waals surface area contributed by atoms with E-state index in [2.05, 4.69) is 10.1 Å². The SMILES string of the molecule is Cc1nc([C@@H]2C[C@H]3CCN(C(=O)c4ccco4)C[C@@H]3O2)no1. The Kier molecular flexibility index (Phi) is 3.22. The van der Waals surface area contributed by atoms with E-state index in [1.165, 1.54) is 6.26 Å². The van der Waals surface area contributed by atoms with Crippen molar-refractivity contribution < 1.29 is 18.5 Å². The lowest BCUT2D eigenvalue weighted by atomic mass is 9.91. The number of carbonyl (C=O) groups excluding carboxylic acids is 1. The van der Waals surface area contributed by atoms with Gasteiger partial charge >= 0.3 is 0 Å². The largest absolute Gasteiger partial charge is 0.459 e. The maximum atomic E-state index is 12.3. The molecular weight excluding hydrogens is 286 g/mol. The molecule has 4 heterocycles. The smallest absolute Gasteiger partial charge is 0.289 e. The van der Waals surface area contributed by atoms with Crippen molar-refractivity contribution in [2.24, 2.45) is 5.92 Å². The minimum absolute atomic E-state index is 0.0245. The summed E-state index contributed by atoms with van der Waals surface area (Å²) in [5.74, 6) is 1.89. The number of rotatable bonds is 2. The Morgan fingerprint density at radius 2 is 2.36 bits per heavy atom. The maximum absolute atomic E-state index is 12.3. The maximum Gasteiger partial charge on any atom is 0.289 e. The second-order valence-corrected chi connectivity index (χ2v) is 5.85. The monoisotopic (exact) mass is 303 g/mol. The van der Waals surface area contributed by atoms with Gasteiger partial charge in [0.2, 0.25) is 11.7 Å². The average molecular weight is 303 g/mol. The van der Waals surface area contributed by atoms with Gasteiger partial charge in [-0.2, -0.15) is 4.98 Å². The molecule has 7 heteroatoms. The molecule has 3 atom stereocenters. The number of aryl methyl sites for hydroxylation is 1. The van der Waals surface area contributed by atoms with Gasteiger partial charge in [-0.15, -0.1) is 0 Å². The van der Waals surface area contributed by atoms with Gasteiger partial charge in [0.1, 0.15) is 6.10 Å². The molecule has 7 nitrogen and oxygen atoms in total. The standard InChI is InChI=1S/C15H17N3O4/c1-9-16-14(17-22-9)12-7-10-4-5-18(8-13(10)21-12)15(19)11-3-2-6-20-11/h2-3,6,10,12-13H,4-5,7-8H2,1H3/t10-,12+,13+/m1/s1. The molecule has 2 aliphatic rings. The highest BCUT2D eigenvalue weighted by molar-refractivity contribution is 5.91. The van der Waals surface area contributed by atoms with Crippen LogP contribution in [0.4, 0.5) is 0 Å². The number of piperidine rings is 1. The number of hydrogen-bond donors (Lipinski definition) is 0. The van der Waals surface area contributed by atoms with Crippen molar-refractivity contribution in [3.8, 4) is 0 Å². The molecular formula is C15H17N3O4. The first-order valence-electron chi connectivity index (χ1n) is 7.49. The number of likely N-dealkylation sites (tertiary alicyclic amines) is 1. The number of carbonyl (C=O) groups is 1. The summed E-state index contributed by atoms with van der Waals surface area (Å²) in [5.41, 5.74) is 0. The third-order valence-electron chi connectivity index (χ3n) is 4.40. The Balaban J connectivity index is 1.44. The molecule has 0 bridgehead atoms. The lowest BCUT2D eigenvalue weighted by Gasteiger charge is -2.33. The van der Waals surface area contributed by atoms with Crippen molar-refractivity contribution in [1.29, 1.82) is 0 Å². The van der Waals surface area contributed by atoms with E-state index in [0.29, 0.717) is 29.9 Å². The van der Waals surface area contributed by atoms with Crippen LogP contribution in [-0.4, -0.2) is 40.1 Å². The van der Waals surface area contributed by atoms with E-state index in [0.717, 1.165) is 19.4 Å². The fraction of sp³-hybridized carbons (Fsp3) is 0.533. The van der Waals surface area contributed by atoms with E-state index >= 15 is 0 Å². The minimum atomic E-state index is -0.133. The van der Waals surface area contributed by atoms with E-state index in [1.54, 1.807) is 24.0 Å². The molecule has 1 amide bonds. The highest BCUT2D eigenvalue weighted by Crippen LogP contribution is 2.40. The van der Waals surface area contributed by atoms with Crippen LogP contribution < -0.4 is 0 Å². The van der Waals surface area contributed by atoms with Crippen LogP contribution in [0.15, 0.2) is 27.3 Å². The number of fused-ring (bicyclic) bond motifs is 1. The first-order chi connectivity index (χ1) is 10.7. The van der Waals surface area contributed by atoms with Crippen molar-refractivity contribution >= 4 is 5.91 Å². The molecule has 0 saturated carbocycles. The van der Waals surface area contributed by atoms with Crippen LogP contribution in [0.1, 0.15) is 41.2 Å². The topological polar surface area (TPSA) is 81.6 Å². The van der Waals surface area contributed by atoms with Gasteiger partial charge in [-0.3, -0.25) is 4.79 Å². The molecule has 4 rings (SSSR count). The van der Waals surface area contributed by atoms with Crippen molar-refractivity contribution in [1.82, 2.24) is 15.0 Å². The summed E-state index contributed by atoms with van der Waals surface area (Å²) in [6, 6.07) is 3.41. The Labute approximate surface area is 127 Å². The van der Waals surface area contributed by atoms with E-state index in [9.17, 15) is 4.79 Å². The number of aromatic nitrogens is 2. The Morgan fingerprint density at radius 1 is 1.45 bits per heavy atom. The van der Waals surface area contributed by atoms with Crippen LogP contribution in [0, 0.1) is 12.8 Å². The molecule has 0 unspecified atom stereocenters. The summed E-state index contributed by atoms with van der Waals surface area (Å²) < 4.78 is 16.3. The summed E-state index contributed by atoms with van der Waals surface area (Å²) in [6.07, 6.45) is 3.21. The fourth-order valence-electron chi connectivity index (χ4n) is 3.28. The zero-order valence-corrected chi connectivity index (χ0v) is 12.3. The summed E-state index contributed by atoms with van der Waals surface area (Å²) >= 11 is 0. The predicted octanol–water partition coefficient (Wildman–Crippen LogP) is 1.96. The zero-order chi connectivity index (χ0) is 15.1. The zero-order valence-electron chi connectivity index (χ0n) is 12.3. The van der Waals surface area contributed by atoms with E-state index in [-0.39, 0.29) is 18.1 Å². The molecule has 116 valence electrons. The highest BCUT2D eigenvalue weighted by atomic mass is 16.5. The van der Waals surface area contributed by atoms with Crippen LogP contribution in [-0.2, 0) is 4.74 Å². The van der Waals surface area contributed by atoms with Crippen LogP contribution in [0.2, 0.25) is 0 Å². The molecule has 0 spiro atoms. The van der Waals surface area contributed by atoms with Crippen molar-refractivity contribution in [2.75, 3.05) is 13.1 Å². The number of hydrogen-bond acceptors (Lipinski definition) is 6. The molecule has 2 aromatic heterocycles. The van der Waals surface area contributed by atoms with Crippen molar-refractivity contribution in [2.45, 2.75) is 32.0 Å². The van der Waals surface area contributed by atoms with E-state index < -0.39 is 0 Å². The summed E-state index contributed by atoms with van der Waals surface area (Å²) in [7, 11) is 0. The minimum Gasteiger partial charge on any atom is -0.459 e. The molecule has 0 aliphatic carbocycles. The van der Waals surface area contributed by atoms with Gasteiger partial charge in [-0.25, -0.2) is 0 Å². The van der Waals surface area contributed by atoms with E-state index in [4.69, 9.17) is 13.7 Å². The third-order valence-corrected chi connectivity index (χ3v) is 4.40. The summed E-state index contributed by atoms with van der Waals surface area (Å²) in [6.45, 7) is 3.07. The molecule has 0 radical (unpaired) electrons. The van der Waals surface area contributed by atoms with Gasteiger partial charge in [0, 0.05) is 20.0 Å². The predicted molar refractivity (Wildman–Crippen MR) is 74.0 cm³/mol. The first kappa shape index (κ1) is 13.5. The molecule has 2 saturated heterocycles. The lowest BCUT2D eigenvalue weighted by Crippen LogP contribution is -2.45. The average Bonchev–Trinajstić information content (AvgIpc) is 3.25. The fourth-order valence-corrected chi connectivity index (χ4v) is 3.28. The lowest BCUT2D eigenvalue weighted by molar-refractivity contribution is -0.00823. The number of ether oxygens (including phenoxy) is 1. The molecule has 2 aromatic rings. The molecule has 0 N–H and O–H groups in total. The number of furan rings is 1. The first-order valence-corrected chi connectivity index (χ1v) is 7.49.